The van der Waals surface area contributed by atoms with E-state index in [2.05, 4.69) is 36.5 Å². The third-order valence-corrected chi connectivity index (χ3v) is 5.29. The smallest absolute Gasteiger partial charge is 0.191 e. The first-order chi connectivity index (χ1) is 13.2. The zero-order valence-corrected chi connectivity index (χ0v) is 17.8. The van der Waals surface area contributed by atoms with Crippen LogP contribution in [0.3, 0.4) is 0 Å². The molecule has 0 atom stereocenters. The van der Waals surface area contributed by atoms with E-state index < -0.39 is 0 Å². The highest BCUT2D eigenvalue weighted by atomic mass is 16.5. The van der Waals surface area contributed by atoms with Gasteiger partial charge in [-0.25, -0.2) is 4.99 Å². The van der Waals surface area contributed by atoms with E-state index >= 15 is 0 Å². The van der Waals surface area contributed by atoms with Gasteiger partial charge in [-0.05, 0) is 39.0 Å². The van der Waals surface area contributed by atoms with Gasteiger partial charge >= 0.3 is 0 Å². The van der Waals surface area contributed by atoms with Gasteiger partial charge in [0.2, 0.25) is 0 Å². The van der Waals surface area contributed by atoms with Crippen LogP contribution in [0.4, 0.5) is 0 Å². The topological polar surface area (TPSA) is 63.5 Å². The van der Waals surface area contributed by atoms with Crippen LogP contribution < -0.4 is 10.6 Å². The largest absolute Gasteiger partial charge is 0.378 e. The van der Waals surface area contributed by atoms with Crippen molar-refractivity contribution in [2.24, 2.45) is 12.0 Å². The lowest BCUT2D eigenvalue weighted by Crippen LogP contribution is -2.38. The molecule has 154 valence electrons. The van der Waals surface area contributed by atoms with Gasteiger partial charge in [-0.1, -0.05) is 33.1 Å². The van der Waals surface area contributed by atoms with Crippen LogP contribution in [0.25, 0.3) is 0 Å². The number of guanidine groups is 1. The van der Waals surface area contributed by atoms with Crippen molar-refractivity contribution < 1.29 is 4.74 Å². The minimum atomic E-state index is 0.492. The molecule has 0 aliphatic heterocycles. The number of nitrogens with zero attached hydrogens (tertiary/aromatic N) is 3. The second-order valence-electron chi connectivity index (χ2n) is 7.31. The number of rotatable bonds is 10. The van der Waals surface area contributed by atoms with Crippen LogP contribution in [0, 0.1) is 0 Å². The van der Waals surface area contributed by atoms with Crippen molar-refractivity contribution in [2.75, 3.05) is 19.7 Å². The lowest BCUT2D eigenvalue weighted by molar-refractivity contribution is 0.0277. The molecule has 6 nitrogen and oxygen atoms in total. The summed E-state index contributed by atoms with van der Waals surface area (Å²) in [6, 6.07) is 0. The van der Waals surface area contributed by atoms with Gasteiger partial charge in [-0.15, -0.1) is 0 Å². The number of aliphatic imine (C=N–C) groups is 1. The highest BCUT2D eigenvalue weighted by molar-refractivity contribution is 5.79. The molecule has 1 fully saturated rings. The molecule has 0 unspecified atom stereocenters. The summed E-state index contributed by atoms with van der Waals surface area (Å²) < 4.78 is 8.01. The number of aromatic nitrogens is 2. The predicted octanol–water partition coefficient (Wildman–Crippen LogP) is 3.34. The van der Waals surface area contributed by atoms with Gasteiger partial charge in [0.15, 0.2) is 5.96 Å². The molecule has 0 bridgehead atoms. The summed E-state index contributed by atoms with van der Waals surface area (Å²) in [6.45, 7) is 9.69. The zero-order valence-electron chi connectivity index (χ0n) is 17.8. The summed E-state index contributed by atoms with van der Waals surface area (Å²) in [7, 11) is 2.03. The maximum Gasteiger partial charge on any atom is 0.191 e. The third kappa shape index (κ3) is 6.83. The van der Waals surface area contributed by atoms with Crippen molar-refractivity contribution in [1.82, 2.24) is 20.4 Å². The average Bonchev–Trinajstić information content (AvgIpc) is 3.01. The van der Waals surface area contributed by atoms with E-state index in [1.807, 2.05) is 11.7 Å². The molecular formula is C21H39N5O. The van der Waals surface area contributed by atoms with Crippen molar-refractivity contribution in [3.05, 3.63) is 17.0 Å². The highest BCUT2D eigenvalue weighted by Crippen LogP contribution is 2.20. The Morgan fingerprint density at radius 2 is 1.93 bits per heavy atom. The number of nitrogens with one attached hydrogen (secondary N) is 2. The van der Waals surface area contributed by atoms with E-state index in [4.69, 9.17) is 9.73 Å². The molecule has 0 aromatic carbocycles. The third-order valence-electron chi connectivity index (χ3n) is 5.29. The summed E-state index contributed by atoms with van der Waals surface area (Å²) in [5.74, 6) is 0.878. The molecule has 0 spiro atoms. The molecular weight excluding hydrogens is 338 g/mol. The van der Waals surface area contributed by atoms with Crippen LogP contribution in [0.15, 0.2) is 4.99 Å². The Labute approximate surface area is 165 Å². The molecule has 1 aromatic heterocycles. The Bertz CT molecular complexity index is 575. The minimum absolute atomic E-state index is 0.492. The number of ether oxygens (including phenoxy) is 1. The monoisotopic (exact) mass is 377 g/mol. The standard InChI is InChI=1S/C21H39N5O/c1-5-19-18(20(6-2)26(4)25-19)16-24-21(22-7-3)23-14-11-15-27-17-12-9-8-10-13-17/h17H,5-16H2,1-4H3,(H2,22,23,24). The fourth-order valence-electron chi connectivity index (χ4n) is 3.83. The molecule has 1 heterocycles. The van der Waals surface area contributed by atoms with Crippen molar-refractivity contribution in [3.8, 4) is 0 Å². The van der Waals surface area contributed by atoms with Gasteiger partial charge in [0.1, 0.15) is 0 Å². The normalized spacial score (nSPS) is 15.9. The zero-order chi connectivity index (χ0) is 19.5. The summed E-state index contributed by atoms with van der Waals surface area (Å²) in [4.78, 5) is 4.80. The van der Waals surface area contributed by atoms with E-state index in [9.17, 15) is 0 Å². The molecule has 1 saturated carbocycles. The van der Waals surface area contributed by atoms with E-state index in [1.165, 1.54) is 43.4 Å². The van der Waals surface area contributed by atoms with Crippen molar-refractivity contribution in [2.45, 2.75) is 84.8 Å². The Kier molecular flexibility index (Phi) is 9.67. The first-order valence-electron chi connectivity index (χ1n) is 10.9. The van der Waals surface area contributed by atoms with Crippen LogP contribution >= 0.6 is 0 Å². The quantitative estimate of drug-likeness (QED) is 0.373. The second-order valence-corrected chi connectivity index (χ2v) is 7.31. The molecule has 1 aliphatic carbocycles. The Balaban J connectivity index is 1.81. The van der Waals surface area contributed by atoms with Gasteiger partial charge in [0, 0.05) is 38.0 Å². The van der Waals surface area contributed by atoms with Gasteiger partial charge in [0.25, 0.3) is 0 Å². The summed E-state index contributed by atoms with van der Waals surface area (Å²) in [5, 5.41) is 11.4. The summed E-state index contributed by atoms with van der Waals surface area (Å²) >= 11 is 0. The van der Waals surface area contributed by atoms with Gasteiger partial charge < -0.3 is 15.4 Å². The SMILES string of the molecule is CCNC(=NCc1c(CC)nn(C)c1CC)NCCCOC1CCCCC1. The van der Waals surface area contributed by atoms with Crippen molar-refractivity contribution >= 4 is 5.96 Å². The van der Waals surface area contributed by atoms with Gasteiger partial charge in [-0.2, -0.15) is 5.10 Å². The lowest BCUT2D eigenvalue weighted by Gasteiger charge is -2.22. The van der Waals surface area contributed by atoms with Crippen molar-refractivity contribution in [3.63, 3.8) is 0 Å². The Morgan fingerprint density at radius 3 is 2.59 bits per heavy atom. The fraction of sp³-hybridized carbons (Fsp3) is 0.810. The minimum Gasteiger partial charge on any atom is -0.378 e. The molecule has 0 radical (unpaired) electrons. The average molecular weight is 378 g/mol. The predicted molar refractivity (Wildman–Crippen MR) is 112 cm³/mol. The molecule has 0 amide bonds. The molecule has 2 rings (SSSR count). The van der Waals surface area contributed by atoms with Crippen LogP contribution in [-0.4, -0.2) is 41.5 Å². The molecule has 0 saturated heterocycles. The summed E-state index contributed by atoms with van der Waals surface area (Å²) in [6.07, 6.45) is 9.94. The van der Waals surface area contributed by atoms with Crippen LogP contribution in [-0.2, 0) is 31.2 Å². The van der Waals surface area contributed by atoms with E-state index in [1.54, 1.807) is 0 Å². The molecule has 6 heteroatoms. The molecule has 1 aliphatic rings. The molecule has 1 aromatic rings. The van der Waals surface area contributed by atoms with Crippen LogP contribution in [0.1, 0.15) is 76.2 Å². The first kappa shape index (κ1) is 21.7. The molecule has 27 heavy (non-hydrogen) atoms. The van der Waals surface area contributed by atoms with Crippen LogP contribution in [0.2, 0.25) is 0 Å². The highest BCUT2D eigenvalue weighted by Gasteiger charge is 2.14. The maximum absolute atomic E-state index is 6.01. The van der Waals surface area contributed by atoms with E-state index in [0.29, 0.717) is 12.6 Å². The summed E-state index contributed by atoms with van der Waals surface area (Å²) in [5.41, 5.74) is 3.72. The number of hydrogen-bond donors (Lipinski definition) is 2. The van der Waals surface area contributed by atoms with Gasteiger partial charge in [-0.3, -0.25) is 4.68 Å². The van der Waals surface area contributed by atoms with Gasteiger partial charge in [0.05, 0.1) is 18.3 Å². The second kappa shape index (κ2) is 12.0. The van der Waals surface area contributed by atoms with Crippen LogP contribution in [0.5, 0.6) is 0 Å². The van der Waals surface area contributed by atoms with E-state index in [0.717, 1.165) is 50.6 Å². The number of aryl methyl sites for hydroxylation is 2. The van der Waals surface area contributed by atoms with E-state index in [-0.39, 0.29) is 0 Å². The fourth-order valence-corrected chi connectivity index (χ4v) is 3.83. The molecule has 2 N–H and O–H groups in total. The Hall–Kier alpha value is -1.56. The van der Waals surface area contributed by atoms with Crippen molar-refractivity contribution in [1.29, 1.82) is 0 Å². The Morgan fingerprint density at radius 1 is 1.15 bits per heavy atom. The lowest BCUT2D eigenvalue weighted by atomic mass is 9.98. The first-order valence-corrected chi connectivity index (χ1v) is 10.9. The number of hydrogen-bond acceptors (Lipinski definition) is 3. The maximum atomic E-state index is 6.01.